The number of anilines is 1. The van der Waals surface area contributed by atoms with Crippen molar-refractivity contribution in [1.29, 1.82) is 0 Å². The topological polar surface area (TPSA) is 71.3 Å². The number of nitrogens with one attached hydrogen (secondary N) is 1. The first-order valence-electron chi connectivity index (χ1n) is 10.4. The van der Waals surface area contributed by atoms with E-state index >= 15 is 0 Å². The van der Waals surface area contributed by atoms with E-state index in [4.69, 9.17) is 4.52 Å². The number of aryl methyl sites for hydroxylation is 2. The van der Waals surface area contributed by atoms with Crippen molar-refractivity contribution in [3.05, 3.63) is 94.1 Å². The second-order valence-electron chi connectivity index (χ2n) is 7.94. The quantitative estimate of drug-likeness (QED) is 0.390. The monoisotopic (exact) mass is 460 g/mol. The molecule has 4 aromatic rings. The molecule has 0 fully saturated rings. The molecule has 1 N–H and O–H groups in total. The standard InChI is InChI=1S/C25H21FN4O2S/c1-14-9-10-19(12-15(14)2)30-16(3)21(24-28-23(29-32-24)20-8-5-11-33-20)22(27-25(30)31)17-6-4-7-18(26)13-17/h4-13,22H,1-3H3,(H,27,31). The summed E-state index contributed by atoms with van der Waals surface area (Å²) in [5.41, 5.74) is 4.77. The molecule has 2 aromatic heterocycles. The zero-order valence-corrected chi connectivity index (χ0v) is 19.1. The van der Waals surface area contributed by atoms with E-state index in [1.165, 1.54) is 23.5 Å². The third kappa shape index (κ3) is 3.82. The summed E-state index contributed by atoms with van der Waals surface area (Å²) in [7, 11) is 0. The van der Waals surface area contributed by atoms with Crippen LogP contribution in [0.2, 0.25) is 0 Å². The third-order valence-corrected chi connectivity index (χ3v) is 6.68. The van der Waals surface area contributed by atoms with Crippen LogP contribution in [-0.4, -0.2) is 16.2 Å². The molecular weight excluding hydrogens is 439 g/mol. The minimum atomic E-state index is -0.646. The number of halogens is 1. The van der Waals surface area contributed by atoms with Crippen molar-refractivity contribution in [1.82, 2.24) is 15.5 Å². The van der Waals surface area contributed by atoms with Crippen molar-refractivity contribution in [2.24, 2.45) is 0 Å². The van der Waals surface area contributed by atoms with Gasteiger partial charge in [0.2, 0.25) is 5.82 Å². The van der Waals surface area contributed by atoms with Crippen LogP contribution < -0.4 is 10.2 Å². The number of carbonyl (C=O) groups is 1. The van der Waals surface area contributed by atoms with Gasteiger partial charge in [0.05, 0.1) is 22.2 Å². The number of thiophene rings is 1. The first kappa shape index (κ1) is 21.1. The molecule has 0 saturated carbocycles. The lowest BCUT2D eigenvalue weighted by Gasteiger charge is -2.35. The number of hydrogen-bond donors (Lipinski definition) is 1. The van der Waals surface area contributed by atoms with Gasteiger partial charge in [0.1, 0.15) is 5.82 Å². The van der Waals surface area contributed by atoms with Gasteiger partial charge < -0.3 is 9.84 Å². The molecule has 2 aromatic carbocycles. The molecule has 1 aliphatic rings. The number of allylic oxidation sites excluding steroid dienone is 1. The van der Waals surface area contributed by atoms with Crippen LogP contribution in [0.5, 0.6) is 0 Å². The molecule has 1 unspecified atom stereocenters. The molecule has 0 aliphatic carbocycles. The Morgan fingerprint density at radius 1 is 1.06 bits per heavy atom. The van der Waals surface area contributed by atoms with Crippen LogP contribution in [-0.2, 0) is 0 Å². The number of amides is 2. The molecule has 0 bridgehead atoms. The highest BCUT2D eigenvalue weighted by Crippen LogP contribution is 2.39. The lowest BCUT2D eigenvalue weighted by atomic mass is 9.94. The van der Waals surface area contributed by atoms with Gasteiger partial charge in [-0.15, -0.1) is 11.3 Å². The average Bonchev–Trinajstić information content (AvgIpc) is 3.48. The zero-order chi connectivity index (χ0) is 23.1. The molecule has 5 rings (SSSR count). The first-order valence-corrected chi connectivity index (χ1v) is 11.3. The second kappa shape index (κ2) is 8.29. The van der Waals surface area contributed by atoms with Crippen LogP contribution in [0.25, 0.3) is 16.3 Å². The van der Waals surface area contributed by atoms with Crippen molar-refractivity contribution in [2.75, 3.05) is 4.90 Å². The maximum Gasteiger partial charge on any atom is 0.326 e. The molecule has 2 amide bonds. The van der Waals surface area contributed by atoms with E-state index in [0.717, 1.165) is 21.7 Å². The Morgan fingerprint density at radius 3 is 2.64 bits per heavy atom. The van der Waals surface area contributed by atoms with Crippen molar-refractivity contribution in [3.63, 3.8) is 0 Å². The maximum atomic E-state index is 14.1. The second-order valence-corrected chi connectivity index (χ2v) is 8.89. The van der Waals surface area contributed by atoms with Gasteiger partial charge in [0, 0.05) is 5.70 Å². The fourth-order valence-corrected chi connectivity index (χ4v) is 4.62. The largest absolute Gasteiger partial charge is 0.334 e. The van der Waals surface area contributed by atoms with Gasteiger partial charge >= 0.3 is 6.03 Å². The Morgan fingerprint density at radius 2 is 1.91 bits per heavy atom. The number of hydrogen-bond acceptors (Lipinski definition) is 5. The Labute approximate surface area is 194 Å². The van der Waals surface area contributed by atoms with Gasteiger partial charge in [0.25, 0.3) is 5.89 Å². The molecule has 3 heterocycles. The van der Waals surface area contributed by atoms with Crippen molar-refractivity contribution >= 4 is 28.6 Å². The van der Waals surface area contributed by atoms with Crippen LogP contribution in [0.3, 0.4) is 0 Å². The molecule has 33 heavy (non-hydrogen) atoms. The summed E-state index contributed by atoms with van der Waals surface area (Å²) in [5, 5.41) is 9.08. The fourth-order valence-electron chi connectivity index (χ4n) is 3.97. The fraction of sp³-hybridized carbons (Fsp3) is 0.160. The molecule has 1 atom stereocenters. The molecule has 0 spiro atoms. The van der Waals surface area contributed by atoms with E-state index in [9.17, 15) is 9.18 Å². The number of nitrogens with zero attached hydrogens (tertiary/aromatic N) is 3. The zero-order valence-electron chi connectivity index (χ0n) is 18.3. The lowest BCUT2D eigenvalue weighted by molar-refractivity contribution is 0.244. The Balaban J connectivity index is 1.68. The van der Waals surface area contributed by atoms with Gasteiger partial charge in [-0.1, -0.05) is 29.4 Å². The predicted octanol–water partition coefficient (Wildman–Crippen LogP) is 6.26. The Bertz CT molecular complexity index is 1380. The molecular formula is C25H21FN4O2S. The normalized spacial score (nSPS) is 16.3. The minimum absolute atomic E-state index is 0.277. The van der Waals surface area contributed by atoms with E-state index in [2.05, 4.69) is 15.5 Å². The molecule has 166 valence electrons. The highest BCUT2D eigenvalue weighted by atomic mass is 32.1. The highest BCUT2D eigenvalue weighted by Gasteiger charge is 2.36. The van der Waals surface area contributed by atoms with E-state index in [1.807, 2.05) is 56.5 Å². The number of urea groups is 1. The van der Waals surface area contributed by atoms with E-state index < -0.39 is 6.04 Å². The van der Waals surface area contributed by atoms with E-state index in [0.29, 0.717) is 22.7 Å². The van der Waals surface area contributed by atoms with Crippen molar-refractivity contribution < 1.29 is 13.7 Å². The van der Waals surface area contributed by atoms with Crippen LogP contribution in [0.1, 0.15) is 35.5 Å². The minimum Gasteiger partial charge on any atom is -0.334 e. The van der Waals surface area contributed by atoms with Crippen LogP contribution >= 0.6 is 11.3 Å². The highest BCUT2D eigenvalue weighted by molar-refractivity contribution is 7.13. The van der Waals surface area contributed by atoms with Crippen molar-refractivity contribution in [3.8, 4) is 10.7 Å². The van der Waals surface area contributed by atoms with Gasteiger partial charge in [-0.3, -0.25) is 4.90 Å². The molecule has 0 radical (unpaired) electrons. The summed E-state index contributed by atoms with van der Waals surface area (Å²) < 4.78 is 19.7. The number of carbonyl (C=O) groups excluding carboxylic acids is 1. The Hall–Kier alpha value is -3.78. The summed E-state index contributed by atoms with van der Waals surface area (Å²) in [6, 6.07) is 14.9. The lowest BCUT2D eigenvalue weighted by Crippen LogP contribution is -2.46. The van der Waals surface area contributed by atoms with Gasteiger partial charge in [-0.25, -0.2) is 9.18 Å². The third-order valence-electron chi connectivity index (χ3n) is 5.81. The van der Waals surface area contributed by atoms with Crippen LogP contribution in [0.15, 0.2) is 70.2 Å². The van der Waals surface area contributed by atoms with E-state index in [1.54, 1.807) is 17.0 Å². The summed E-state index contributed by atoms with van der Waals surface area (Å²) in [5.74, 6) is 0.354. The average molecular weight is 461 g/mol. The number of benzene rings is 2. The Kier molecular flexibility index (Phi) is 5.30. The summed E-state index contributed by atoms with van der Waals surface area (Å²) in [6.45, 7) is 5.86. The molecule has 6 nitrogen and oxygen atoms in total. The maximum absolute atomic E-state index is 14.1. The summed E-state index contributed by atoms with van der Waals surface area (Å²) >= 11 is 1.51. The van der Waals surface area contributed by atoms with Gasteiger partial charge in [-0.05, 0) is 73.2 Å². The SMILES string of the molecule is CC1=C(c2nc(-c3cccs3)no2)C(c2cccc(F)c2)NC(=O)N1c1ccc(C)c(C)c1. The van der Waals surface area contributed by atoms with Gasteiger partial charge in [0.15, 0.2) is 0 Å². The number of aromatic nitrogens is 2. The van der Waals surface area contributed by atoms with E-state index in [-0.39, 0.29) is 17.7 Å². The summed E-state index contributed by atoms with van der Waals surface area (Å²) in [4.78, 5) is 20.3. The smallest absolute Gasteiger partial charge is 0.326 e. The molecule has 8 heteroatoms. The summed E-state index contributed by atoms with van der Waals surface area (Å²) in [6.07, 6.45) is 0. The first-order chi connectivity index (χ1) is 15.9. The number of rotatable bonds is 4. The molecule has 1 aliphatic heterocycles. The van der Waals surface area contributed by atoms with Crippen LogP contribution in [0, 0.1) is 19.7 Å². The van der Waals surface area contributed by atoms with Crippen molar-refractivity contribution in [2.45, 2.75) is 26.8 Å². The van der Waals surface area contributed by atoms with Crippen LogP contribution in [0.4, 0.5) is 14.9 Å². The molecule has 0 saturated heterocycles. The van der Waals surface area contributed by atoms with Gasteiger partial charge in [-0.2, -0.15) is 4.98 Å². The predicted molar refractivity (Wildman–Crippen MR) is 126 cm³/mol.